The van der Waals surface area contributed by atoms with Crippen molar-refractivity contribution >= 4 is 38.5 Å². The molecule has 0 aliphatic carbocycles. The number of rotatable bonds is 4. The van der Waals surface area contributed by atoms with Crippen LogP contribution in [0.25, 0.3) is 10.9 Å². The highest BCUT2D eigenvalue weighted by molar-refractivity contribution is 9.10. The van der Waals surface area contributed by atoms with Crippen molar-refractivity contribution in [1.82, 2.24) is 9.99 Å². The number of nitrogens with zero attached hydrogens (tertiary/aromatic N) is 2. The molecule has 3 aromatic carbocycles. The highest BCUT2D eigenvalue weighted by Gasteiger charge is 2.16. The molecule has 4 rings (SSSR count). The van der Waals surface area contributed by atoms with Gasteiger partial charge in [0.1, 0.15) is 11.5 Å². The maximum atomic E-state index is 12.6. The number of aryl methyl sites for hydroxylation is 1. The predicted molar refractivity (Wildman–Crippen MR) is 118 cm³/mol. The standard InChI is InChI=1S/C23H18BrN3O2/c1-27-19-10-6-5-9-16(19)13-20(27)22(15-7-3-2-4-8-15)25-26-23(29)18-14-17(24)11-12-21(18)28/h2-14,28H,1H3,(H,26,29). The Bertz CT molecular complexity index is 1230. The second-order valence-electron chi connectivity index (χ2n) is 6.58. The first-order valence-electron chi connectivity index (χ1n) is 9.01. The van der Waals surface area contributed by atoms with Crippen LogP contribution in [0.4, 0.5) is 0 Å². The Kier molecular flexibility index (Phi) is 5.18. The monoisotopic (exact) mass is 447 g/mol. The summed E-state index contributed by atoms with van der Waals surface area (Å²) >= 11 is 3.32. The van der Waals surface area contributed by atoms with Crippen LogP contribution in [0.15, 0.2) is 88.4 Å². The van der Waals surface area contributed by atoms with Gasteiger partial charge < -0.3 is 9.67 Å². The van der Waals surface area contributed by atoms with Crippen molar-refractivity contribution in [3.05, 3.63) is 100 Å². The molecule has 2 N–H and O–H groups in total. The third kappa shape index (κ3) is 3.79. The zero-order valence-corrected chi connectivity index (χ0v) is 17.2. The van der Waals surface area contributed by atoms with Crippen molar-refractivity contribution in [2.75, 3.05) is 0 Å². The minimum atomic E-state index is -0.490. The Morgan fingerprint density at radius 3 is 2.48 bits per heavy atom. The number of carbonyl (C=O) groups is 1. The van der Waals surface area contributed by atoms with Gasteiger partial charge in [0.2, 0.25) is 0 Å². The predicted octanol–water partition coefficient (Wildman–Crippen LogP) is 4.83. The Morgan fingerprint density at radius 1 is 1.00 bits per heavy atom. The molecule has 144 valence electrons. The van der Waals surface area contributed by atoms with Gasteiger partial charge in [-0.25, -0.2) is 5.43 Å². The largest absolute Gasteiger partial charge is 0.507 e. The van der Waals surface area contributed by atoms with Gasteiger partial charge in [0.15, 0.2) is 0 Å². The number of carbonyl (C=O) groups excluding carboxylic acids is 1. The van der Waals surface area contributed by atoms with Crippen molar-refractivity contribution in [2.45, 2.75) is 0 Å². The molecule has 1 heterocycles. The molecule has 0 aliphatic heterocycles. The van der Waals surface area contributed by atoms with Gasteiger partial charge in [-0.2, -0.15) is 5.10 Å². The average Bonchev–Trinajstić information content (AvgIpc) is 3.07. The first-order chi connectivity index (χ1) is 14.0. The summed E-state index contributed by atoms with van der Waals surface area (Å²) in [5, 5.41) is 15.5. The molecule has 29 heavy (non-hydrogen) atoms. The van der Waals surface area contributed by atoms with Crippen LogP contribution < -0.4 is 5.43 Å². The smallest absolute Gasteiger partial charge is 0.275 e. The second kappa shape index (κ2) is 7.93. The number of phenolic OH excluding ortho intramolecular Hbond substituents is 1. The van der Waals surface area contributed by atoms with Crippen LogP contribution in [-0.4, -0.2) is 21.3 Å². The molecule has 1 aromatic heterocycles. The van der Waals surface area contributed by atoms with Crippen LogP contribution in [-0.2, 0) is 7.05 Å². The molecule has 0 fully saturated rings. The number of hydrogen-bond acceptors (Lipinski definition) is 3. The zero-order valence-electron chi connectivity index (χ0n) is 15.6. The van der Waals surface area contributed by atoms with Crippen molar-refractivity contribution in [3.63, 3.8) is 0 Å². The topological polar surface area (TPSA) is 66.6 Å². The van der Waals surface area contributed by atoms with Crippen LogP contribution in [0.1, 0.15) is 21.6 Å². The first-order valence-corrected chi connectivity index (χ1v) is 9.80. The maximum absolute atomic E-state index is 12.6. The molecule has 0 spiro atoms. The number of fused-ring (bicyclic) bond motifs is 1. The summed E-state index contributed by atoms with van der Waals surface area (Å²) in [5.41, 5.74) is 6.18. The molecule has 1 amide bonds. The number of hydrogen-bond donors (Lipinski definition) is 2. The molecular weight excluding hydrogens is 430 g/mol. The summed E-state index contributed by atoms with van der Waals surface area (Å²) in [6.45, 7) is 0. The first kappa shape index (κ1) is 19.0. The minimum Gasteiger partial charge on any atom is -0.507 e. The summed E-state index contributed by atoms with van der Waals surface area (Å²) in [4.78, 5) is 12.6. The van der Waals surface area contributed by atoms with Gasteiger partial charge in [-0.1, -0.05) is 64.5 Å². The van der Waals surface area contributed by atoms with E-state index in [1.54, 1.807) is 12.1 Å². The summed E-state index contributed by atoms with van der Waals surface area (Å²) in [6, 6.07) is 24.5. The van der Waals surface area contributed by atoms with E-state index in [1.807, 2.05) is 72.3 Å². The molecule has 0 saturated heterocycles. The number of para-hydroxylation sites is 1. The van der Waals surface area contributed by atoms with Gasteiger partial charge in [0.25, 0.3) is 5.91 Å². The number of halogens is 1. The van der Waals surface area contributed by atoms with E-state index < -0.39 is 5.91 Å². The van der Waals surface area contributed by atoms with E-state index in [0.717, 1.165) is 22.2 Å². The van der Waals surface area contributed by atoms with Gasteiger partial charge >= 0.3 is 0 Å². The van der Waals surface area contributed by atoms with Crippen molar-refractivity contribution < 1.29 is 9.90 Å². The fourth-order valence-corrected chi connectivity index (χ4v) is 3.60. The average molecular weight is 448 g/mol. The van der Waals surface area contributed by atoms with Crippen LogP contribution in [0.5, 0.6) is 5.75 Å². The molecule has 4 aromatic rings. The van der Waals surface area contributed by atoms with E-state index >= 15 is 0 Å². The molecule has 0 aliphatic rings. The highest BCUT2D eigenvalue weighted by Crippen LogP contribution is 2.23. The van der Waals surface area contributed by atoms with Crippen LogP contribution in [0, 0.1) is 0 Å². The van der Waals surface area contributed by atoms with Crippen molar-refractivity contribution in [1.29, 1.82) is 0 Å². The molecule has 0 bridgehead atoms. The molecular formula is C23H18BrN3O2. The Balaban J connectivity index is 1.78. The molecule has 6 heteroatoms. The Hall–Kier alpha value is -3.38. The lowest BCUT2D eigenvalue weighted by Crippen LogP contribution is -2.21. The normalized spacial score (nSPS) is 11.6. The van der Waals surface area contributed by atoms with Gasteiger partial charge in [0.05, 0.1) is 11.3 Å². The highest BCUT2D eigenvalue weighted by atomic mass is 79.9. The third-order valence-corrected chi connectivity index (χ3v) is 5.21. The number of phenols is 1. The zero-order chi connectivity index (χ0) is 20.4. The number of hydrazone groups is 1. The number of amides is 1. The van der Waals surface area contributed by atoms with E-state index in [0.29, 0.717) is 10.2 Å². The molecule has 5 nitrogen and oxygen atoms in total. The van der Waals surface area contributed by atoms with E-state index in [2.05, 4.69) is 26.5 Å². The molecule has 0 atom stereocenters. The summed E-state index contributed by atoms with van der Waals surface area (Å²) in [7, 11) is 1.97. The van der Waals surface area contributed by atoms with Gasteiger partial charge in [0, 0.05) is 28.0 Å². The number of aromatic nitrogens is 1. The van der Waals surface area contributed by atoms with Gasteiger partial charge in [-0.15, -0.1) is 0 Å². The van der Waals surface area contributed by atoms with E-state index in [-0.39, 0.29) is 11.3 Å². The third-order valence-electron chi connectivity index (χ3n) is 4.71. The summed E-state index contributed by atoms with van der Waals surface area (Å²) in [5.74, 6) is -0.595. The second-order valence-corrected chi connectivity index (χ2v) is 7.49. The van der Waals surface area contributed by atoms with Crippen LogP contribution in [0.3, 0.4) is 0 Å². The number of nitrogens with one attached hydrogen (secondary N) is 1. The fraction of sp³-hybridized carbons (Fsp3) is 0.0435. The van der Waals surface area contributed by atoms with Crippen LogP contribution >= 0.6 is 15.9 Å². The Morgan fingerprint density at radius 2 is 1.72 bits per heavy atom. The van der Waals surface area contributed by atoms with Crippen molar-refractivity contribution in [3.8, 4) is 5.75 Å². The van der Waals surface area contributed by atoms with Crippen LogP contribution in [0.2, 0.25) is 0 Å². The fourth-order valence-electron chi connectivity index (χ4n) is 3.24. The Labute approximate surface area is 176 Å². The molecule has 0 radical (unpaired) electrons. The quantitative estimate of drug-likeness (QED) is 0.347. The lowest BCUT2D eigenvalue weighted by atomic mass is 10.1. The van der Waals surface area contributed by atoms with E-state index in [9.17, 15) is 9.90 Å². The van der Waals surface area contributed by atoms with E-state index in [4.69, 9.17) is 0 Å². The van der Waals surface area contributed by atoms with E-state index in [1.165, 1.54) is 6.07 Å². The van der Waals surface area contributed by atoms with Gasteiger partial charge in [-0.3, -0.25) is 4.79 Å². The number of benzene rings is 3. The summed E-state index contributed by atoms with van der Waals surface area (Å²) in [6.07, 6.45) is 0. The number of aromatic hydroxyl groups is 1. The van der Waals surface area contributed by atoms with Crippen molar-refractivity contribution in [2.24, 2.45) is 12.1 Å². The SMILES string of the molecule is Cn1c(C(=NNC(=O)c2cc(Br)ccc2O)c2ccccc2)cc2ccccc21. The maximum Gasteiger partial charge on any atom is 0.275 e. The van der Waals surface area contributed by atoms with Gasteiger partial charge in [-0.05, 0) is 30.3 Å². The lowest BCUT2D eigenvalue weighted by molar-refractivity contribution is 0.0952. The lowest BCUT2D eigenvalue weighted by Gasteiger charge is -2.10. The minimum absolute atomic E-state index is 0.105. The molecule has 0 saturated carbocycles. The summed E-state index contributed by atoms with van der Waals surface area (Å²) < 4.78 is 2.74. The molecule has 0 unspecified atom stereocenters.